The molecule has 2 heterocycles. The van der Waals surface area contributed by atoms with Gasteiger partial charge in [0.25, 0.3) is 0 Å². The summed E-state index contributed by atoms with van der Waals surface area (Å²) in [5, 5.41) is 5.06. The average Bonchev–Trinajstić information content (AvgIpc) is 3.00. The third-order valence-electron chi connectivity index (χ3n) is 4.07. The number of hydrogen-bond acceptors (Lipinski definition) is 7. The molecule has 2 aromatic rings. The minimum atomic E-state index is -0.306. The highest BCUT2D eigenvalue weighted by atomic mass is 16.6. The van der Waals surface area contributed by atoms with Crippen molar-refractivity contribution in [1.29, 1.82) is 0 Å². The summed E-state index contributed by atoms with van der Waals surface area (Å²) >= 11 is 0. The van der Waals surface area contributed by atoms with Crippen LogP contribution in [-0.4, -0.2) is 48.1 Å². The monoisotopic (exact) mass is 399 g/mol. The van der Waals surface area contributed by atoms with E-state index in [4.69, 9.17) is 21.1 Å². The van der Waals surface area contributed by atoms with Crippen molar-refractivity contribution in [3.63, 3.8) is 0 Å². The number of hydrazone groups is 1. The van der Waals surface area contributed by atoms with Crippen LogP contribution in [0.25, 0.3) is 11.1 Å². The lowest BCUT2D eigenvalue weighted by molar-refractivity contribution is -0.106. The van der Waals surface area contributed by atoms with E-state index in [1.165, 1.54) is 0 Å². The van der Waals surface area contributed by atoms with Crippen molar-refractivity contribution in [2.45, 2.75) is 20.0 Å². The van der Waals surface area contributed by atoms with Gasteiger partial charge in [-0.2, -0.15) is 0 Å². The first kappa shape index (κ1) is 21.6. The Morgan fingerprint density at radius 1 is 1.34 bits per heavy atom. The van der Waals surface area contributed by atoms with Crippen LogP contribution in [0.3, 0.4) is 0 Å². The number of aromatic nitrogens is 1. The van der Waals surface area contributed by atoms with Crippen molar-refractivity contribution in [3.05, 3.63) is 47.8 Å². The molecule has 3 rings (SSSR count). The molecule has 1 atom stereocenters. The summed E-state index contributed by atoms with van der Waals surface area (Å²) in [6, 6.07) is 9.62. The number of carbonyl (C=O) groups is 2. The molecule has 1 fully saturated rings. The van der Waals surface area contributed by atoms with Gasteiger partial charge in [0.2, 0.25) is 6.41 Å². The third kappa shape index (κ3) is 5.42. The molecule has 1 aromatic carbocycles. The molecule has 6 N–H and O–H groups in total. The molecule has 1 unspecified atom stereocenters. The van der Waals surface area contributed by atoms with Crippen molar-refractivity contribution in [1.82, 2.24) is 10.1 Å². The van der Waals surface area contributed by atoms with Gasteiger partial charge in [-0.05, 0) is 43.2 Å². The Hall–Kier alpha value is -3.66. The van der Waals surface area contributed by atoms with Crippen LogP contribution >= 0.6 is 0 Å². The van der Waals surface area contributed by atoms with Gasteiger partial charge in [0, 0.05) is 18.8 Å². The van der Waals surface area contributed by atoms with Crippen molar-refractivity contribution in [2.24, 2.45) is 22.4 Å². The Kier molecular flexibility index (Phi) is 7.10. The molecule has 1 aromatic heterocycles. The number of hydrazine groups is 1. The molecule has 1 aliphatic rings. The van der Waals surface area contributed by atoms with E-state index < -0.39 is 0 Å². The summed E-state index contributed by atoms with van der Waals surface area (Å²) < 4.78 is 5.20. The molecule has 0 spiro atoms. The molecule has 1 saturated heterocycles. The lowest BCUT2D eigenvalue weighted by atomic mass is 10.0. The molecule has 0 radical (unpaired) electrons. The van der Waals surface area contributed by atoms with Crippen molar-refractivity contribution < 1.29 is 14.3 Å². The lowest BCUT2D eigenvalue weighted by Crippen LogP contribution is -2.26. The van der Waals surface area contributed by atoms with Crippen LogP contribution in [0.1, 0.15) is 18.2 Å². The number of ether oxygens (including phenoxy) is 1. The van der Waals surface area contributed by atoms with Gasteiger partial charge in [-0.15, -0.1) is 5.10 Å². The van der Waals surface area contributed by atoms with Gasteiger partial charge in [-0.3, -0.25) is 14.7 Å². The van der Waals surface area contributed by atoms with Crippen LogP contribution in [0.2, 0.25) is 0 Å². The van der Waals surface area contributed by atoms with Gasteiger partial charge in [0.15, 0.2) is 5.84 Å². The zero-order valence-electron chi connectivity index (χ0n) is 16.6. The first-order valence-corrected chi connectivity index (χ1v) is 8.80. The van der Waals surface area contributed by atoms with Gasteiger partial charge in [0.1, 0.15) is 11.8 Å². The summed E-state index contributed by atoms with van der Waals surface area (Å²) in [5.74, 6) is 5.70. The van der Waals surface area contributed by atoms with Crippen LogP contribution in [0.5, 0.6) is 0 Å². The summed E-state index contributed by atoms with van der Waals surface area (Å²) in [6.07, 6.45) is 1.58. The number of pyridine rings is 1. The highest BCUT2D eigenvalue weighted by molar-refractivity contribution is 5.95. The van der Waals surface area contributed by atoms with Gasteiger partial charge >= 0.3 is 6.09 Å². The molecule has 0 aliphatic carbocycles. The molecule has 29 heavy (non-hydrogen) atoms. The highest BCUT2D eigenvalue weighted by Gasteiger charge is 2.30. The Morgan fingerprint density at radius 3 is 2.48 bits per heavy atom. The fourth-order valence-electron chi connectivity index (χ4n) is 2.88. The Morgan fingerprint density at radius 2 is 2.00 bits per heavy atom. The number of nitrogens with zero attached hydrogens (tertiary/aromatic N) is 4. The zero-order chi connectivity index (χ0) is 21.6. The van der Waals surface area contributed by atoms with E-state index in [1.54, 1.807) is 24.2 Å². The summed E-state index contributed by atoms with van der Waals surface area (Å²) in [5.41, 5.74) is 14.3. The molecule has 10 nitrogen and oxygen atoms in total. The van der Waals surface area contributed by atoms with E-state index in [0.29, 0.717) is 12.2 Å². The van der Waals surface area contributed by atoms with Crippen molar-refractivity contribution >= 4 is 24.0 Å². The minimum Gasteiger partial charge on any atom is -0.444 e. The second kappa shape index (κ2) is 9.51. The number of amidine groups is 1. The first-order valence-electron chi connectivity index (χ1n) is 8.80. The largest absolute Gasteiger partial charge is 0.444 e. The molecule has 0 saturated carbocycles. The van der Waals surface area contributed by atoms with Crippen molar-refractivity contribution in [3.8, 4) is 11.1 Å². The maximum absolute atomic E-state index is 11.9. The number of amides is 2. The number of carbonyl (C=O) groups excluding carboxylic acids is 2. The van der Waals surface area contributed by atoms with Crippen LogP contribution in [-0.2, 0) is 9.53 Å². The number of nitrogens with two attached hydrogens (primary N) is 3. The number of aryl methyl sites for hydroxylation is 1. The molecular weight excluding hydrogens is 374 g/mol. The van der Waals surface area contributed by atoms with Crippen LogP contribution in [0, 0.1) is 6.92 Å². The minimum absolute atomic E-state index is 0.0991. The van der Waals surface area contributed by atoms with Gasteiger partial charge in [-0.1, -0.05) is 12.1 Å². The number of rotatable bonds is 4. The van der Waals surface area contributed by atoms with Gasteiger partial charge < -0.3 is 16.2 Å². The van der Waals surface area contributed by atoms with Gasteiger partial charge in [0.05, 0.1) is 12.2 Å². The number of hydrogen-bond donors (Lipinski definition) is 3. The van der Waals surface area contributed by atoms with E-state index in [-0.39, 0.29) is 24.4 Å². The molecular formula is C19H25N7O3. The van der Waals surface area contributed by atoms with E-state index in [1.807, 2.05) is 38.1 Å². The maximum Gasteiger partial charge on any atom is 0.414 e. The molecule has 154 valence electrons. The number of cyclic esters (lactones) is 1. The second-order valence-electron chi connectivity index (χ2n) is 6.43. The normalized spacial score (nSPS) is 16.0. The topological polar surface area (TPSA) is 153 Å². The fourth-order valence-corrected chi connectivity index (χ4v) is 2.88. The SMILES string of the molecule is Cc1cc(-c2ccc(/C(N)=N/N(C)N)nc2)ccc1N1CC(C)OC1=O.NC=O. The summed E-state index contributed by atoms with van der Waals surface area (Å²) in [4.78, 5) is 26.5. The molecule has 0 bridgehead atoms. The van der Waals surface area contributed by atoms with E-state index in [9.17, 15) is 4.79 Å². The number of benzene rings is 1. The first-order chi connectivity index (χ1) is 13.8. The Balaban J connectivity index is 0.000000941. The van der Waals surface area contributed by atoms with E-state index >= 15 is 0 Å². The average molecular weight is 399 g/mol. The highest BCUT2D eigenvalue weighted by Crippen LogP contribution is 2.29. The second-order valence-corrected chi connectivity index (χ2v) is 6.43. The smallest absolute Gasteiger partial charge is 0.414 e. The predicted molar refractivity (Wildman–Crippen MR) is 111 cm³/mol. The number of anilines is 1. The van der Waals surface area contributed by atoms with Crippen LogP contribution in [0.4, 0.5) is 10.5 Å². The molecule has 1 aliphatic heterocycles. The zero-order valence-corrected chi connectivity index (χ0v) is 16.6. The van der Waals surface area contributed by atoms with E-state index in [0.717, 1.165) is 27.5 Å². The number of primary amides is 1. The van der Waals surface area contributed by atoms with Gasteiger partial charge in [-0.25, -0.2) is 15.8 Å². The Labute approximate surface area is 168 Å². The quantitative estimate of drug-likeness (QED) is 0.227. The lowest BCUT2D eigenvalue weighted by Gasteiger charge is -2.16. The van der Waals surface area contributed by atoms with E-state index in [2.05, 4.69) is 15.8 Å². The van der Waals surface area contributed by atoms with Crippen LogP contribution in [0.15, 0.2) is 41.6 Å². The third-order valence-corrected chi connectivity index (χ3v) is 4.07. The standard InChI is InChI=1S/C18H22N6O2.CH3NO/c1-11-8-13(5-7-16(11)24-10-12(2)26-18(24)25)14-4-6-15(21-9-14)17(19)22-23(3)20;2-1-3/h4-9,12H,10,20H2,1-3H3,(H2,19,22);1H,(H2,2,3). The summed E-state index contributed by atoms with van der Waals surface area (Å²) in [6.45, 7) is 4.41. The molecule has 2 amide bonds. The maximum atomic E-state index is 11.9. The van der Waals surface area contributed by atoms with Crippen molar-refractivity contribution in [2.75, 3.05) is 18.5 Å². The Bertz CT molecular complexity index is 897. The predicted octanol–water partition coefficient (Wildman–Crippen LogP) is 0.929. The van der Waals surface area contributed by atoms with Crippen LogP contribution < -0.4 is 22.2 Å². The fraction of sp³-hybridized carbons (Fsp3) is 0.263. The molecule has 10 heteroatoms. The summed E-state index contributed by atoms with van der Waals surface area (Å²) in [7, 11) is 1.59.